The van der Waals surface area contributed by atoms with Crippen molar-refractivity contribution in [2.75, 3.05) is 52.5 Å². The third-order valence-electron chi connectivity index (χ3n) is 4.59. The molecular formula is C20H35IN4O. The molecule has 2 N–H and O–H groups in total. The Morgan fingerprint density at radius 2 is 1.92 bits per heavy atom. The summed E-state index contributed by atoms with van der Waals surface area (Å²) in [6.45, 7) is 12.0. The number of nitrogens with one attached hydrogen (secondary N) is 2. The van der Waals surface area contributed by atoms with Crippen LogP contribution in [0.15, 0.2) is 35.3 Å². The van der Waals surface area contributed by atoms with Gasteiger partial charge in [-0.3, -0.25) is 9.89 Å². The van der Waals surface area contributed by atoms with E-state index in [0.717, 1.165) is 71.3 Å². The zero-order valence-electron chi connectivity index (χ0n) is 16.2. The van der Waals surface area contributed by atoms with Crippen molar-refractivity contribution in [3.05, 3.63) is 35.9 Å². The molecule has 26 heavy (non-hydrogen) atoms. The van der Waals surface area contributed by atoms with Gasteiger partial charge in [-0.05, 0) is 31.2 Å². The van der Waals surface area contributed by atoms with E-state index in [1.54, 1.807) is 0 Å². The van der Waals surface area contributed by atoms with Crippen molar-refractivity contribution in [2.45, 2.75) is 32.6 Å². The highest BCUT2D eigenvalue weighted by molar-refractivity contribution is 14.0. The summed E-state index contributed by atoms with van der Waals surface area (Å²) in [5, 5.41) is 6.80. The van der Waals surface area contributed by atoms with Crippen LogP contribution in [0.4, 0.5) is 0 Å². The quantitative estimate of drug-likeness (QED) is 0.250. The summed E-state index contributed by atoms with van der Waals surface area (Å²) in [6.07, 6.45) is 2.19. The minimum Gasteiger partial charge on any atom is -0.379 e. The van der Waals surface area contributed by atoms with Gasteiger partial charge in [-0.25, -0.2) is 0 Å². The van der Waals surface area contributed by atoms with Crippen molar-refractivity contribution in [1.29, 1.82) is 0 Å². The van der Waals surface area contributed by atoms with E-state index in [2.05, 4.69) is 59.7 Å². The third kappa shape index (κ3) is 9.19. The van der Waals surface area contributed by atoms with Crippen molar-refractivity contribution in [3.8, 4) is 0 Å². The molecule has 1 saturated heterocycles. The Morgan fingerprint density at radius 3 is 2.62 bits per heavy atom. The lowest BCUT2D eigenvalue weighted by atomic mass is 9.98. The monoisotopic (exact) mass is 474 g/mol. The summed E-state index contributed by atoms with van der Waals surface area (Å²) in [5.74, 6) is 1.49. The van der Waals surface area contributed by atoms with Gasteiger partial charge < -0.3 is 15.4 Å². The van der Waals surface area contributed by atoms with Gasteiger partial charge in [-0.2, -0.15) is 0 Å². The van der Waals surface area contributed by atoms with Crippen LogP contribution in [-0.4, -0.2) is 63.3 Å². The van der Waals surface area contributed by atoms with Crippen LogP contribution in [0, 0.1) is 0 Å². The number of rotatable bonds is 9. The first-order valence-electron chi connectivity index (χ1n) is 9.67. The summed E-state index contributed by atoms with van der Waals surface area (Å²) in [6, 6.07) is 10.7. The van der Waals surface area contributed by atoms with Crippen molar-refractivity contribution in [3.63, 3.8) is 0 Å². The van der Waals surface area contributed by atoms with Crippen molar-refractivity contribution in [1.82, 2.24) is 15.5 Å². The standard InChI is InChI=1S/C20H34N4O.HI/c1-3-21-20(22-11-7-13-24-14-16-25-17-15-24)23-12-10-18(2)19-8-5-4-6-9-19;/h4-6,8-9,18H,3,7,10-17H2,1-2H3,(H2,21,22,23);1H. The first kappa shape index (κ1) is 23.2. The number of ether oxygens (including phenoxy) is 1. The maximum Gasteiger partial charge on any atom is 0.191 e. The van der Waals surface area contributed by atoms with Gasteiger partial charge in [0.15, 0.2) is 5.96 Å². The maximum atomic E-state index is 5.38. The Labute approximate surface area is 176 Å². The molecule has 1 atom stereocenters. The van der Waals surface area contributed by atoms with E-state index >= 15 is 0 Å². The predicted octanol–water partition coefficient (Wildman–Crippen LogP) is 3.08. The summed E-state index contributed by atoms with van der Waals surface area (Å²) < 4.78 is 5.38. The van der Waals surface area contributed by atoms with Gasteiger partial charge >= 0.3 is 0 Å². The van der Waals surface area contributed by atoms with Crippen LogP contribution in [0.5, 0.6) is 0 Å². The second-order valence-corrected chi connectivity index (χ2v) is 6.60. The lowest BCUT2D eigenvalue weighted by molar-refractivity contribution is 0.0377. The Balaban J connectivity index is 0.00000338. The van der Waals surface area contributed by atoms with E-state index in [4.69, 9.17) is 9.73 Å². The second-order valence-electron chi connectivity index (χ2n) is 6.60. The highest BCUT2D eigenvalue weighted by atomic mass is 127. The van der Waals surface area contributed by atoms with Gasteiger partial charge in [-0.1, -0.05) is 37.3 Å². The fraction of sp³-hybridized carbons (Fsp3) is 0.650. The molecule has 1 fully saturated rings. The van der Waals surface area contributed by atoms with Gasteiger partial charge in [0.2, 0.25) is 0 Å². The van der Waals surface area contributed by atoms with Gasteiger partial charge in [0.05, 0.1) is 13.2 Å². The Kier molecular flexibility index (Phi) is 12.7. The molecule has 1 aromatic carbocycles. The SMILES string of the molecule is CCNC(=NCCCN1CCOCC1)NCCC(C)c1ccccc1.I. The minimum absolute atomic E-state index is 0. The lowest BCUT2D eigenvalue weighted by Gasteiger charge is -2.26. The average molecular weight is 474 g/mol. The third-order valence-corrected chi connectivity index (χ3v) is 4.59. The normalized spacial score (nSPS) is 16.6. The smallest absolute Gasteiger partial charge is 0.191 e. The number of benzene rings is 1. The number of hydrogen-bond donors (Lipinski definition) is 2. The predicted molar refractivity (Wildman–Crippen MR) is 121 cm³/mol. The van der Waals surface area contributed by atoms with Crippen LogP contribution >= 0.6 is 24.0 Å². The van der Waals surface area contributed by atoms with E-state index in [9.17, 15) is 0 Å². The van der Waals surface area contributed by atoms with Crippen LogP contribution in [-0.2, 0) is 4.74 Å². The molecule has 1 unspecified atom stereocenters. The minimum atomic E-state index is 0. The van der Waals surface area contributed by atoms with Crippen molar-refractivity contribution in [2.24, 2.45) is 4.99 Å². The molecule has 148 valence electrons. The van der Waals surface area contributed by atoms with Crippen molar-refractivity contribution < 1.29 is 4.74 Å². The average Bonchev–Trinajstić information content (AvgIpc) is 2.66. The number of guanidine groups is 1. The molecule has 5 nitrogen and oxygen atoms in total. The van der Waals surface area contributed by atoms with Crippen LogP contribution in [0.3, 0.4) is 0 Å². The molecule has 2 rings (SSSR count). The molecule has 1 aliphatic rings. The summed E-state index contributed by atoms with van der Waals surface area (Å²) in [5.41, 5.74) is 1.40. The number of morpholine rings is 1. The van der Waals surface area contributed by atoms with Crippen LogP contribution in [0.1, 0.15) is 38.2 Å². The first-order chi connectivity index (χ1) is 12.3. The van der Waals surface area contributed by atoms with Crippen LogP contribution in [0.2, 0.25) is 0 Å². The Hall–Kier alpha value is -0.860. The zero-order valence-corrected chi connectivity index (χ0v) is 18.6. The Morgan fingerprint density at radius 1 is 1.19 bits per heavy atom. The largest absolute Gasteiger partial charge is 0.379 e. The van der Waals surface area contributed by atoms with Gasteiger partial charge in [0, 0.05) is 39.3 Å². The summed E-state index contributed by atoms with van der Waals surface area (Å²) in [4.78, 5) is 7.16. The molecule has 0 saturated carbocycles. The van der Waals surface area contributed by atoms with E-state index in [-0.39, 0.29) is 24.0 Å². The maximum absolute atomic E-state index is 5.38. The highest BCUT2D eigenvalue weighted by Gasteiger charge is 2.09. The fourth-order valence-corrected chi connectivity index (χ4v) is 3.01. The van der Waals surface area contributed by atoms with Gasteiger partial charge in [0.25, 0.3) is 0 Å². The van der Waals surface area contributed by atoms with Crippen LogP contribution < -0.4 is 10.6 Å². The number of halogens is 1. The van der Waals surface area contributed by atoms with E-state index in [0.29, 0.717) is 5.92 Å². The number of hydrogen-bond acceptors (Lipinski definition) is 3. The number of aliphatic imine (C=N–C) groups is 1. The Bertz CT molecular complexity index is 492. The zero-order chi connectivity index (χ0) is 17.7. The molecule has 1 heterocycles. The van der Waals surface area contributed by atoms with Gasteiger partial charge in [-0.15, -0.1) is 24.0 Å². The number of nitrogens with zero attached hydrogens (tertiary/aromatic N) is 2. The molecule has 0 amide bonds. The topological polar surface area (TPSA) is 48.9 Å². The highest BCUT2D eigenvalue weighted by Crippen LogP contribution is 2.17. The van der Waals surface area contributed by atoms with Crippen molar-refractivity contribution >= 4 is 29.9 Å². The molecule has 1 aliphatic heterocycles. The molecule has 0 aromatic heterocycles. The van der Waals surface area contributed by atoms with Crippen LogP contribution in [0.25, 0.3) is 0 Å². The molecule has 0 bridgehead atoms. The molecule has 6 heteroatoms. The van der Waals surface area contributed by atoms with Gasteiger partial charge in [0.1, 0.15) is 0 Å². The molecule has 1 aromatic rings. The molecule has 0 aliphatic carbocycles. The fourth-order valence-electron chi connectivity index (χ4n) is 3.01. The second kappa shape index (κ2) is 14.2. The summed E-state index contributed by atoms with van der Waals surface area (Å²) >= 11 is 0. The van der Waals surface area contributed by atoms with E-state index < -0.39 is 0 Å². The summed E-state index contributed by atoms with van der Waals surface area (Å²) in [7, 11) is 0. The first-order valence-corrected chi connectivity index (χ1v) is 9.67. The molecule has 0 spiro atoms. The molecular weight excluding hydrogens is 439 g/mol. The van der Waals surface area contributed by atoms with E-state index in [1.807, 2.05) is 0 Å². The lowest BCUT2D eigenvalue weighted by Crippen LogP contribution is -2.39. The van der Waals surface area contributed by atoms with E-state index in [1.165, 1.54) is 5.56 Å². The molecule has 0 radical (unpaired) electrons.